The number of methoxy groups -OCH3 is 1. The number of carbonyl (C=O) groups excluding carboxylic acids is 1. The van der Waals surface area contributed by atoms with Crippen LogP contribution >= 0.6 is 0 Å². The number of carboxylic acids is 1. The Bertz CT molecular complexity index is 636. The Balaban J connectivity index is 1.65. The van der Waals surface area contributed by atoms with Crippen LogP contribution in [-0.4, -0.2) is 36.2 Å². The monoisotopic (exact) mass is 319 g/mol. The molecule has 0 aromatic heterocycles. The van der Waals surface area contributed by atoms with Gasteiger partial charge >= 0.3 is 5.97 Å². The number of aliphatic carboxylic acids is 1. The lowest BCUT2D eigenvalue weighted by atomic mass is 9.78. The fraction of sp³-hybridized carbons (Fsp3) is 0.529. The molecule has 2 N–H and O–H groups in total. The van der Waals surface area contributed by atoms with E-state index in [4.69, 9.17) is 14.6 Å². The van der Waals surface area contributed by atoms with Crippen LogP contribution in [0.1, 0.15) is 42.1 Å². The zero-order valence-corrected chi connectivity index (χ0v) is 13.3. The Kier molecular flexibility index (Phi) is 4.15. The zero-order valence-electron chi connectivity index (χ0n) is 13.3. The van der Waals surface area contributed by atoms with Crippen molar-refractivity contribution in [1.29, 1.82) is 0 Å². The molecule has 1 unspecified atom stereocenters. The summed E-state index contributed by atoms with van der Waals surface area (Å²) in [6.07, 6.45) is 2.46. The van der Waals surface area contributed by atoms with E-state index in [1.54, 1.807) is 13.2 Å². The lowest BCUT2D eigenvalue weighted by Crippen LogP contribution is -2.44. The summed E-state index contributed by atoms with van der Waals surface area (Å²) in [5.74, 6) is 0.541. The van der Waals surface area contributed by atoms with Crippen molar-refractivity contribution in [2.24, 2.45) is 5.92 Å². The van der Waals surface area contributed by atoms with Crippen LogP contribution in [0.2, 0.25) is 0 Å². The van der Waals surface area contributed by atoms with E-state index in [2.05, 4.69) is 5.32 Å². The van der Waals surface area contributed by atoms with Gasteiger partial charge in [0.05, 0.1) is 7.11 Å². The van der Waals surface area contributed by atoms with Crippen LogP contribution in [0.5, 0.6) is 11.5 Å². The van der Waals surface area contributed by atoms with Crippen molar-refractivity contribution >= 4 is 11.9 Å². The number of fused-ring (bicyclic) bond motifs is 1. The van der Waals surface area contributed by atoms with Crippen LogP contribution in [0.4, 0.5) is 0 Å². The Morgan fingerprint density at radius 1 is 1.39 bits per heavy atom. The summed E-state index contributed by atoms with van der Waals surface area (Å²) >= 11 is 0. The SMILES string of the molecule is COc1cc(C(=O)NC2CC(CC(=O)O)C2)cc2c1OC(C)C2. The van der Waals surface area contributed by atoms with Crippen molar-refractivity contribution in [3.63, 3.8) is 0 Å². The van der Waals surface area contributed by atoms with Crippen molar-refractivity contribution in [2.45, 2.75) is 44.8 Å². The maximum absolute atomic E-state index is 12.4. The van der Waals surface area contributed by atoms with E-state index in [-0.39, 0.29) is 30.4 Å². The fourth-order valence-corrected chi connectivity index (χ4v) is 3.32. The maximum Gasteiger partial charge on any atom is 0.303 e. The third kappa shape index (κ3) is 3.25. The largest absolute Gasteiger partial charge is 0.493 e. The molecular weight excluding hydrogens is 298 g/mol. The highest BCUT2D eigenvalue weighted by Crippen LogP contribution is 2.39. The number of rotatable bonds is 5. The van der Waals surface area contributed by atoms with Crippen molar-refractivity contribution in [2.75, 3.05) is 7.11 Å². The molecule has 124 valence electrons. The first-order chi connectivity index (χ1) is 11.0. The minimum Gasteiger partial charge on any atom is -0.493 e. The van der Waals surface area contributed by atoms with Gasteiger partial charge in [-0.2, -0.15) is 0 Å². The van der Waals surface area contributed by atoms with Crippen molar-refractivity contribution < 1.29 is 24.2 Å². The lowest BCUT2D eigenvalue weighted by Gasteiger charge is -2.34. The second-order valence-corrected chi connectivity index (χ2v) is 6.41. The van der Waals surface area contributed by atoms with Crippen molar-refractivity contribution in [1.82, 2.24) is 5.32 Å². The molecule has 1 aliphatic heterocycles. The molecule has 1 fully saturated rings. The highest BCUT2D eigenvalue weighted by atomic mass is 16.5. The first kappa shape index (κ1) is 15.6. The van der Waals surface area contributed by atoms with Gasteiger partial charge < -0.3 is 19.9 Å². The lowest BCUT2D eigenvalue weighted by molar-refractivity contribution is -0.138. The fourth-order valence-electron chi connectivity index (χ4n) is 3.32. The van der Waals surface area contributed by atoms with Crippen molar-refractivity contribution in [3.8, 4) is 11.5 Å². The molecule has 6 heteroatoms. The van der Waals surface area contributed by atoms with E-state index >= 15 is 0 Å². The maximum atomic E-state index is 12.4. The molecule has 1 saturated carbocycles. The van der Waals surface area contributed by atoms with Gasteiger partial charge in [-0.1, -0.05) is 0 Å². The van der Waals surface area contributed by atoms with Gasteiger partial charge in [-0.15, -0.1) is 0 Å². The van der Waals surface area contributed by atoms with Gasteiger partial charge in [0, 0.05) is 30.0 Å². The van der Waals surface area contributed by atoms with Gasteiger partial charge in [0.1, 0.15) is 6.10 Å². The minimum atomic E-state index is -0.780. The number of carbonyl (C=O) groups is 2. The van der Waals surface area contributed by atoms with Gasteiger partial charge in [0.25, 0.3) is 5.91 Å². The standard InChI is InChI=1S/C17H21NO5/c1-9-3-11-7-12(8-14(22-2)16(11)23-9)17(21)18-13-4-10(5-13)6-15(19)20/h7-10,13H,3-6H2,1-2H3,(H,18,21)(H,19,20). The molecule has 3 rings (SSSR count). The average molecular weight is 319 g/mol. The molecule has 1 amide bonds. The highest BCUT2D eigenvalue weighted by Gasteiger charge is 2.32. The second-order valence-electron chi connectivity index (χ2n) is 6.41. The number of benzene rings is 1. The molecule has 0 spiro atoms. The van der Waals surface area contributed by atoms with Gasteiger partial charge in [0.2, 0.25) is 0 Å². The van der Waals surface area contributed by atoms with Gasteiger partial charge in [-0.05, 0) is 37.8 Å². The molecule has 0 radical (unpaired) electrons. The number of nitrogens with one attached hydrogen (secondary N) is 1. The highest BCUT2D eigenvalue weighted by molar-refractivity contribution is 5.95. The third-order valence-corrected chi connectivity index (χ3v) is 4.47. The molecule has 1 heterocycles. The summed E-state index contributed by atoms with van der Waals surface area (Å²) in [6, 6.07) is 3.60. The van der Waals surface area contributed by atoms with Crippen LogP contribution in [-0.2, 0) is 11.2 Å². The summed E-state index contributed by atoms with van der Waals surface area (Å²) in [5, 5.41) is 11.7. The average Bonchev–Trinajstić information content (AvgIpc) is 2.83. The smallest absolute Gasteiger partial charge is 0.303 e. The normalized spacial score (nSPS) is 25.0. The van der Waals surface area contributed by atoms with Crippen molar-refractivity contribution in [3.05, 3.63) is 23.3 Å². The van der Waals surface area contributed by atoms with Crippen LogP contribution in [0.3, 0.4) is 0 Å². The molecule has 1 aromatic carbocycles. The molecule has 2 aliphatic rings. The quantitative estimate of drug-likeness (QED) is 0.867. The predicted molar refractivity (Wildman–Crippen MR) is 83.0 cm³/mol. The summed E-state index contributed by atoms with van der Waals surface area (Å²) in [6.45, 7) is 1.98. The third-order valence-electron chi connectivity index (χ3n) is 4.47. The molecule has 0 bridgehead atoms. The Labute approximate surface area is 134 Å². The molecule has 23 heavy (non-hydrogen) atoms. The van der Waals surface area contributed by atoms with Crippen LogP contribution in [0.25, 0.3) is 0 Å². The van der Waals surface area contributed by atoms with E-state index in [0.717, 1.165) is 30.6 Å². The Morgan fingerprint density at radius 2 is 2.13 bits per heavy atom. The predicted octanol–water partition coefficient (Wildman–Crippen LogP) is 2.00. The van der Waals surface area contributed by atoms with Crippen LogP contribution in [0.15, 0.2) is 12.1 Å². The van der Waals surface area contributed by atoms with E-state index in [0.29, 0.717) is 11.3 Å². The van der Waals surface area contributed by atoms with E-state index in [1.807, 2.05) is 13.0 Å². The molecule has 6 nitrogen and oxygen atoms in total. The molecule has 1 aliphatic carbocycles. The first-order valence-electron chi connectivity index (χ1n) is 7.86. The molecular formula is C17H21NO5. The summed E-state index contributed by atoms with van der Waals surface area (Å²) < 4.78 is 11.0. The topological polar surface area (TPSA) is 84.9 Å². The summed E-state index contributed by atoms with van der Waals surface area (Å²) in [5.41, 5.74) is 1.54. The summed E-state index contributed by atoms with van der Waals surface area (Å²) in [7, 11) is 1.56. The number of carboxylic acid groups (broad SMARTS) is 1. The molecule has 1 aromatic rings. The van der Waals surface area contributed by atoms with Gasteiger partial charge in [0.15, 0.2) is 11.5 Å². The van der Waals surface area contributed by atoms with Crippen LogP contribution in [0, 0.1) is 5.92 Å². The molecule has 0 saturated heterocycles. The second kappa shape index (κ2) is 6.10. The van der Waals surface area contributed by atoms with Gasteiger partial charge in [-0.3, -0.25) is 9.59 Å². The minimum absolute atomic E-state index is 0.0567. The van der Waals surface area contributed by atoms with Crippen LogP contribution < -0.4 is 14.8 Å². The number of hydrogen-bond donors (Lipinski definition) is 2. The number of ether oxygens (including phenoxy) is 2. The molecule has 1 atom stereocenters. The number of amides is 1. The Hall–Kier alpha value is -2.24. The van der Waals surface area contributed by atoms with E-state index < -0.39 is 5.97 Å². The first-order valence-corrected chi connectivity index (χ1v) is 7.86. The summed E-state index contributed by atoms with van der Waals surface area (Å²) in [4.78, 5) is 23.0. The Morgan fingerprint density at radius 3 is 2.78 bits per heavy atom. The van der Waals surface area contributed by atoms with E-state index in [1.165, 1.54) is 0 Å². The van der Waals surface area contributed by atoms with E-state index in [9.17, 15) is 9.59 Å². The number of hydrogen-bond acceptors (Lipinski definition) is 4. The zero-order chi connectivity index (χ0) is 16.6. The van der Waals surface area contributed by atoms with Gasteiger partial charge in [-0.25, -0.2) is 0 Å².